The first kappa shape index (κ1) is 25.5. The Bertz CT molecular complexity index is 1030. The summed E-state index contributed by atoms with van der Waals surface area (Å²) in [7, 11) is 1.13. The van der Waals surface area contributed by atoms with Gasteiger partial charge in [-0.3, -0.25) is 14.4 Å². The summed E-state index contributed by atoms with van der Waals surface area (Å²) in [6, 6.07) is 0. The summed E-state index contributed by atoms with van der Waals surface area (Å²) in [4.78, 5) is 49.4. The number of aliphatic hydroxyl groups excluding tert-OH is 1. The molecule has 192 valence electrons. The van der Waals surface area contributed by atoms with Crippen molar-refractivity contribution in [3.63, 3.8) is 0 Å². The molecule has 0 aromatic carbocycles. The maximum absolute atomic E-state index is 17.3. The molecular formula is C26H33FO8. The van der Waals surface area contributed by atoms with Crippen molar-refractivity contribution in [2.45, 2.75) is 70.8 Å². The van der Waals surface area contributed by atoms with E-state index in [9.17, 15) is 24.3 Å². The Morgan fingerprint density at radius 2 is 1.91 bits per heavy atom. The third-order valence-electron chi connectivity index (χ3n) is 9.41. The van der Waals surface area contributed by atoms with E-state index in [1.807, 2.05) is 0 Å². The van der Waals surface area contributed by atoms with Crippen molar-refractivity contribution in [3.05, 3.63) is 23.8 Å². The van der Waals surface area contributed by atoms with E-state index >= 15 is 4.39 Å². The van der Waals surface area contributed by atoms with Gasteiger partial charge < -0.3 is 19.3 Å². The van der Waals surface area contributed by atoms with Crippen LogP contribution in [0.2, 0.25) is 0 Å². The van der Waals surface area contributed by atoms with Crippen molar-refractivity contribution < 1.29 is 42.9 Å². The SMILES string of the molecule is COC(=O)O[C@]1(C(=O)COC(C)=O)[C@H](C)C[C@H]2[C@@H]3CCC4=CC(=O)C=C[C@]4(C)[C@@]3(F)[C@@H](O)C[C@@]21C. The van der Waals surface area contributed by atoms with Gasteiger partial charge in [-0.25, -0.2) is 9.18 Å². The lowest BCUT2D eigenvalue weighted by Gasteiger charge is -2.62. The highest BCUT2D eigenvalue weighted by Gasteiger charge is 2.77. The van der Waals surface area contributed by atoms with E-state index in [1.54, 1.807) is 26.8 Å². The van der Waals surface area contributed by atoms with E-state index in [0.717, 1.165) is 7.11 Å². The van der Waals surface area contributed by atoms with Crippen molar-refractivity contribution in [2.75, 3.05) is 13.7 Å². The van der Waals surface area contributed by atoms with Crippen molar-refractivity contribution in [1.29, 1.82) is 0 Å². The summed E-state index contributed by atoms with van der Waals surface area (Å²) in [6.07, 6.45) is 2.83. The zero-order chi connectivity index (χ0) is 26.0. The van der Waals surface area contributed by atoms with Crippen LogP contribution in [-0.2, 0) is 28.6 Å². The number of alkyl halides is 1. The summed E-state index contributed by atoms with van der Waals surface area (Å²) in [6.45, 7) is 5.76. The maximum Gasteiger partial charge on any atom is 0.509 e. The van der Waals surface area contributed by atoms with Gasteiger partial charge in [-0.05, 0) is 50.7 Å². The number of hydrogen-bond acceptors (Lipinski definition) is 8. The number of carbonyl (C=O) groups excluding carboxylic acids is 4. The number of fused-ring (bicyclic) bond motifs is 5. The summed E-state index contributed by atoms with van der Waals surface area (Å²) in [5, 5.41) is 11.5. The third kappa shape index (κ3) is 3.26. The monoisotopic (exact) mass is 492 g/mol. The number of esters is 1. The van der Waals surface area contributed by atoms with E-state index in [-0.39, 0.29) is 12.2 Å². The first-order valence-corrected chi connectivity index (χ1v) is 12.0. The summed E-state index contributed by atoms with van der Waals surface area (Å²) < 4.78 is 32.7. The Kier molecular flexibility index (Phi) is 6.02. The fraction of sp³-hybridized carbons (Fsp3) is 0.692. The highest BCUT2D eigenvalue weighted by Crippen LogP contribution is 2.71. The molecule has 0 unspecified atom stereocenters. The van der Waals surface area contributed by atoms with Crippen LogP contribution in [0.3, 0.4) is 0 Å². The van der Waals surface area contributed by atoms with Crippen molar-refractivity contribution >= 4 is 23.7 Å². The Morgan fingerprint density at radius 3 is 2.54 bits per heavy atom. The van der Waals surface area contributed by atoms with Crippen LogP contribution in [0.15, 0.2) is 23.8 Å². The maximum atomic E-state index is 17.3. The number of Topliss-reactive ketones (excluding diaryl/α,β-unsaturated/α-hetero) is 1. The van der Waals surface area contributed by atoms with E-state index in [4.69, 9.17) is 14.2 Å². The molecule has 3 fully saturated rings. The minimum Gasteiger partial charge on any atom is -0.458 e. The van der Waals surface area contributed by atoms with Gasteiger partial charge in [0.1, 0.15) is 0 Å². The van der Waals surface area contributed by atoms with Crippen LogP contribution in [0.25, 0.3) is 0 Å². The quantitative estimate of drug-likeness (QED) is 0.595. The fourth-order valence-corrected chi connectivity index (χ4v) is 7.85. The van der Waals surface area contributed by atoms with Gasteiger partial charge >= 0.3 is 12.1 Å². The number of ketones is 2. The Hall–Kier alpha value is -2.55. The average molecular weight is 493 g/mol. The molecule has 0 bridgehead atoms. The summed E-state index contributed by atoms with van der Waals surface area (Å²) in [5.74, 6) is -3.14. The molecule has 4 aliphatic carbocycles. The first-order chi connectivity index (χ1) is 16.3. The molecule has 0 aromatic heterocycles. The number of ether oxygens (including phenoxy) is 3. The van der Waals surface area contributed by atoms with Gasteiger partial charge in [-0.1, -0.05) is 25.5 Å². The first-order valence-electron chi connectivity index (χ1n) is 12.0. The fourth-order valence-electron chi connectivity index (χ4n) is 7.85. The van der Waals surface area contributed by atoms with Crippen molar-refractivity contribution in [1.82, 2.24) is 0 Å². The second kappa shape index (κ2) is 8.25. The third-order valence-corrected chi connectivity index (χ3v) is 9.41. The van der Waals surface area contributed by atoms with Gasteiger partial charge in [0.05, 0.1) is 13.2 Å². The number of carbonyl (C=O) groups is 4. The normalized spacial score (nSPS) is 43.9. The van der Waals surface area contributed by atoms with Crippen LogP contribution in [0, 0.1) is 28.6 Å². The molecule has 0 saturated heterocycles. The van der Waals surface area contributed by atoms with E-state index in [0.29, 0.717) is 24.8 Å². The number of aliphatic hydroxyl groups is 1. The van der Waals surface area contributed by atoms with Gasteiger partial charge in [-0.2, -0.15) is 0 Å². The van der Waals surface area contributed by atoms with E-state index < -0.39 is 70.5 Å². The lowest BCUT2D eigenvalue weighted by Crippen LogP contribution is -2.70. The number of halogens is 1. The van der Waals surface area contributed by atoms with Gasteiger partial charge in [-0.15, -0.1) is 0 Å². The smallest absolute Gasteiger partial charge is 0.458 e. The molecule has 0 spiro atoms. The molecular weight excluding hydrogens is 459 g/mol. The Labute approximate surface area is 203 Å². The molecule has 8 nitrogen and oxygen atoms in total. The topological polar surface area (TPSA) is 116 Å². The van der Waals surface area contributed by atoms with Gasteiger partial charge in [0, 0.05) is 29.6 Å². The lowest BCUT2D eigenvalue weighted by molar-refractivity contribution is -0.222. The van der Waals surface area contributed by atoms with Crippen LogP contribution >= 0.6 is 0 Å². The number of methoxy groups -OCH3 is 1. The molecule has 8 atom stereocenters. The van der Waals surface area contributed by atoms with Gasteiger partial charge in [0.15, 0.2) is 23.7 Å². The lowest BCUT2D eigenvalue weighted by atomic mass is 9.44. The van der Waals surface area contributed by atoms with E-state index in [1.165, 1.54) is 19.1 Å². The Balaban J connectivity index is 1.82. The molecule has 0 aliphatic heterocycles. The molecule has 0 aromatic rings. The molecule has 0 amide bonds. The predicted molar refractivity (Wildman–Crippen MR) is 121 cm³/mol. The minimum atomic E-state index is -2.08. The molecule has 4 rings (SSSR count). The van der Waals surface area contributed by atoms with Crippen LogP contribution in [0.1, 0.15) is 53.4 Å². The number of rotatable bonds is 4. The number of hydrogen-bond donors (Lipinski definition) is 1. The van der Waals surface area contributed by atoms with Crippen LogP contribution in [0.4, 0.5) is 9.18 Å². The van der Waals surface area contributed by atoms with Gasteiger partial charge in [0.2, 0.25) is 5.78 Å². The van der Waals surface area contributed by atoms with Crippen molar-refractivity contribution in [2.24, 2.45) is 28.6 Å². The molecule has 3 saturated carbocycles. The summed E-state index contributed by atoms with van der Waals surface area (Å²) >= 11 is 0. The molecule has 1 N–H and O–H groups in total. The minimum absolute atomic E-state index is 0.164. The summed E-state index contributed by atoms with van der Waals surface area (Å²) in [5.41, 5.74) is -5.54. The zero-order valence-electron chi connectivity index (χ0n) is 20.8. The molecule has 4 aliphatic rings. The number of allylic oxidation sites excluding steroid dienone is 4. The Morgan fingerprint density at radius 1 is 1.23 bits per heavy atom. The molecule has 9 heteroatoms. The van der Waals surface area contributed by atoms with Gasteiger partial charge in [0.25, 0.3) is 0 Å². The van der Waals surface area contributed by atoms with Crippen molar-refractivity contribution in [3.8, 4) is 0 Å². The average Bonchev–Trinajstić information content (AvgIpc) is 3.00. The second-order valence-electron chi connectivity index (χ2n) is 10.9. The van der Waals surface area contributed by atoms with Crippen LogP contribution in [-0.4, -0.2) is 59.9 Å². The van der Waals surface area contributed by atoms with Crippen LogP contribution in [0.5, 0.6) is 0 Å². The standard InChI is InChI=1S/C26H33FO8/c1-14-10-19-18-7-6-16-11-17(29)8-9-23(16,3)25(18,27)20(30)12-24(19,4)26(14,35-22(32)33-5)21(31)13-34-15(2)28/h8-9,11,14,18-20,30H,6-7,10,12-13H2,1-5H3/t14-,18+,19+,20+,23+,24+,25+,26+/m1/s1. The highest BCUT2D eigenvalue weighted by molar-refractivity contribution is 6.01. The van der Waals surface area contributed by atoms with Crippen LogP contribution < -0.4 is 0 Å². The highest BCUT2D eigenvalue weighted by atomic mass is 19.1. The molecule has 0 heterocycles. The zero-order valence-corrected chi connectivity index (χ0v) is 20.8. The molecule has 0 radical (unpaired) electrons. The predicted octanol–water partition coefficient (Wildman–Crippen LogP) is 3.26. The second-order valence-corrected chi connectivity index (χ2v) is 10.9. The molecule has 35 heavy (non-hydrogen) atoms. The largest absolute Gasteiger partial charge is 0.509 e. The van der Waals surface area contributed by atoms with E-state index in [2.05, 4.69) is 0 Å².